The number of hydrogen-bond acceptors (Lipinski definition) is 4. The van der Waals surface area contributed by atoms with Gasteiger partial charge in [-0.05, 0) is 36.4 Å². The molecule has 0 radical (unpaired) electrons. The molecule has 98 valence electrons. The summed E-state index contributed by atoms with van der Waals surface area (Å²) in [6, 6.07) is 10.1. The lowest BCUT2D eigenvalue weighted by atomic mass is 10.2. The Morgan fingerprint density at radius 1 is 1.26 bits per heavy atom. The highest BCUT2D eigenvalue weighted by Crippen LogP contribution is 2.15. The molecule has 1 heterocycles. The molecule has 0 unspecified atom stereocenters. The number of carbonyl (C=O) groups excluding carboxylic acids is 1. The van der Waals surface area contributed by atoms with Gasteiger partial charge in [-0.25, -0.2) is 4.79 Å². The number of pyridine rings is 1. The Labute approximate surface area is 115 Å². The number of carbonyl (C=O) groups is 1. The maximum atomic E-state index is 11.3. The summed E-state index contributed by atoms with van der Waals surface area (Å²) in [6.07, 6.45) is 1.63. The predicted molar refractivity (Wildman–Crippen MR) is 71.4 cm³/mol. The molecule has 0 aliphatic heterocycles. The maximum Gasteiger partial charge on any atom is 0.337 e. The van der Waals surface area contributed by atoms with Crippen LogP contribution in [0.15, 0.2) is 42.6 Å². The van der Waals surface area contributed by atoms with E-state index in [4.69, 9.17) is 16.3 Å². The number of benzene rings is 1. The fourth-order valence-corrected chi connectivity index (χ4v) is 1.67. The lowest BCUT2D eigenvalue weighted by Crippen LogP contribution is -2.01. The molecule has 0 fully saturated rings. The summed E-state index contributed by atoms with van der Waals surface area (Å²) in [5.74, 6) is 0.275. The third-order valence-corrected chi connectivity index (χ3v) is 2.68. The zero-order valence-corrected chi connectivity index (χ0v) is 11.1. The van der Waals surface area contributed by atoms with Crippen molar-refractivity contribution >= 4 is 17.6 Å². The minimum Gasteiger partial charge on any atom is -0.487 e. The van der Waals surface area contributed by atoms with E-state index in [1.54, 1.807) is 42.6 Å². The summed E-state index contributed by atoms with van der Waals surface area (Å²) >= 11 is 5.85. The normalized spacial score (nSPS) is 10.0. The third-order valence-electron chi connectivity index (χ3n) is 2.44. The third kappa shape index (κ3) is 3.69. The fourth-order valence-electron chi connectivity index (χ4n) is 1.49. The minimum absolute atomic E-state index is 0.318. The van der Waals surface area contributed by atoms with Gasteiger partial charge in [-0.3, -0.25) is 4.98 Å². The number of halogens is 1. The molecule has 4 nitrogen and oxygen atoms in total. The van der Waals surface area contributed by atoms with Crippen LogP contribution in [0.4, 0.5) is 0 Å². The summed E-state index contributed by atoms with van der Waals surface area (Å²) < 4.78 is 10.2. The quantitative estimate of drug-likeness (QED) is 0.806. The lowest BCUT2D eigenvalue weighted by Gasteiger charge is -2.06. The van der Waals surface area contributed by atoms with Gasteiger partial charge < -0.3 is 9.47 Å². The molecule has 0 atom stereocenters. The van der Waals surface area contributed by atoms with Crippen LogP contribution in [-0.4, -0.2) is 18.1 Å². The van der Waals surface area contributed by atoms with Crippen molar-refractivity contribution in [3.8, 4) is 5.75 Å². The van der Waals surface area contributed by atoms with E-state index in [-0.39, 0.29) is 5.97 Å². The SMILES string of the molecule is COC(=O)c1ccc(OCc2cc(Cl)ccn2)cc1. The fraction of sp³-hybridized carbons (Fsp3) is 0.143. The Kier molecular flexibility index (Phi) is 4.36. The molecule has 0 N–H and O–H groups in total. The van der Waals surface area contributed by atoms with E-state index in [1.165, 1.54) is 7.11 Å². The van der Waals surface area contributed by atoms with Crippen LogP contribution in [-0.2, 0) is 11.3 Å². The van der Waals surface area contributed by atoms with E-state index in [0.717, 1.165) is 5.69 Å². The molecule has 1 aromatic carbocycles. The van der Waals surface area contributed by atoms with Crippen molar-refractivity contribution in [2.45, 2.75) is 6.61 Å². The van der Waals surface area contributed by atoms with Gasteiger partial charge in [-0.1, -0.05) is 11.6 Å². The van der Waals surface area contributed by atoms with Crippen LogP contribution in [0.3, 0.4) is 0 Å². The van der Waals surface area contributed by atoms with E-state index in [0.29, 0.717) is 22.9 Å². The second-order valence-electron chi connectivity index (χ2n) is 3.77. The van der Waals surface area contributed by atoms with Crippen LogP contribution >= 0.6 is 11.6 Å². The summed E-state index contributed by atoms with van der Waals surface area (Å²) in [6.45, 7) is 0.318. The average Bonchev–Trinajstić information content (AvgIpc) is 2.45. The van der Waals surface area contributed by atoms with Crippen molar-refractivity contribution in [3.63, 3.8) is 0 Å². The molecule has 2 aromatic rings. The number of rotatable bonds is 4. The first-order valence-electron chi connectivity index (χ1n) is 5.60. The van der Waals surface area contributed by atoms with Crippen LogP contribution in [0, 0.1) is 0 Å². The topological polar surface area (TPSA) is 48.4 Å². The lowest BCUT2D eigenvalue weighted by molar-refractivity contribution is 0.0600. The van der Waals surface area contributed by atoms with Gasteiger partial charge in [-0.2, -0.15) is 0 Å². The maximum absolute atomic E-state index is 11.3. The molecular formula is C14H12ClNO3. The van der Waals surface area contributed by atoms with Crippen LogP contribution in [0.25, 0.3) is 0 Å². The van der Waals surface area contributed by atoms with E-state index >= 15 is 0 Å². The highest BCUT2D eigenvalue weighted by atomic mass is 35.5. The van der Waals surface area contributed by atoms with Gasteiger partial charge in [0.05, 0.1) is 18.4 Å². The highest BCUT2D eigenvalue weighted by molar-refractivity contribution is 6.30. The summed E-state index contributed by atoms with van der Waals surface area (Å²) in [5, 5.41) is 0.620. The molecule has 0 aliphatic carbocycles. The van der Waals surface area contributed by atoms with E-state index in [2.05, 4.69) is 9.72 Å². The molecule has 0 saturated carbocycles. The van der Waals surface area contributed by atoms with Gasteiger partial charge in [0.25, 0.3) is 0 Å². The van der Waals surface area contributed by atoms with Crippen molar-refractivity contribution < 1.29 is 14.3 Å². The van der Waals surface area contributed by atoms with Gasteiger partial charge in [0.2, 0.25) is 0 Å². The van der Waals surface area contributed by atoms with Crippen LogP contribution in [0.1, 0.15) is 16.1 Å². The van der Waals surface area contributed by atoms with E-state index < -0.39 is 0 Å². The Morgan fingerprint density at radius 3 is 2.63 bits per heavy atom. The molecular weight excluding hydrogens is 266 g/mol. The van der Waals surface area contributed by atoms with Gasteiger partial charge in [0.15, 0.2) is 0 Å². The first kappa shape index (κ1) is 13.4. The molecule has 2 rings (SSSR count). The Bertz CT molecular complexity index is 569. The molecule has 1 aromatic heterocycles. The van der Waals surface area contributed by atoms with Crippen LogP contribution < -0.4 is 4.74 Å². The van der Waals surface area contributed by atoms with Crippen molar-refractivity contribution in [2.24, 2.45) is 0 Å². The zero-order valence-electron chi connectivity index (χ0n) is 10.3. The monoisotopic (exact) mass is 277 g/mol. The first-order valence-corrected chi connectivity index (χ1v) is 5.98. The van der Waals surface area contributed by atoms with Crippen molar-refractivity contribution in [2.75, 3.05) is 7.11 Å². The Morgan fingerprint density at radius 2 is 2.00 bits per heavy atom. The summed E-state index contributed by atoms with van der Waals surface area (Å²) in [7, 11) is 1.34. The Balaban J connectivity index is 1.98. The second-order valence-corrected chi connectivity index (χ2v) is 4.21. The summed E-state index contributed by atoms with van der Waals surface area (Å²) in [4.78, 5) is 15.4. The van der Waals surface area contributed by atoms with E-state index in [9.17, 15) is 4.79 Å². The van der Waals surface area contributed by atoms with Gasteiger partial charge in [-0.15, -0.1) is 0 Å². The minimum atomic E-state index is -0.372. The van der Waals surface area contributed by atoms with Crippen molar-refractivity contribution in [1.82, 2.24) is 4.98 Å². The summed E-state index contributed by atoms with van der Waals surface area (Å²) in [5.41, 5.74) is 1.22. The van der Waals surface area contributed by atoms with Crippen LogP contribution in [0.2, 0.25) is 5.02 Å². The molecule has 19 heavy (non-hydrogen) atoms. The predicted octanol–water partition coefficient (Wildman–Crippen LogP) is 3.10. The van der Waals surface area contributed by atoms with E-state index in [1.807, 2.05) is 0 Å². The number of ether oxygens (including phenoxy) is 2. The van der Waals surface area contributed by atoms with Gasteiger partial charge in [0, 0.05) is 11.2 Å². The molecule has 0 spiro atoms. The van der Waals surface area contributed by atoms with Gasteiger partial charge >= 0.3 is 5.97 Å². The average molecular weight is 278 g/mol. The number of methoxy groups -OCH3 is 1. The van der Waals surface area contributed by atoms with Crippen LogP contribution in [0.5, 0.6) is 5.75 Å². The number of esters is 1. The molecule has 0 amide bonds. The molecule has 0 saturated heterocycles. The smallest absolute Gasteiger partial charge is 0.337 e. The largest absolute Gasteiger partial charge is 0.487 e. The zero-order chi connectivity index (χ0) is 13.7. The first-order chi connectivity index (χ1) is 9.19. The standard InChI is InChI=1S/C14H12ClNO3/c1-18-14(17)10-2-4-13(5-3-10)19-9-12-8-11(15)6-7-16-12/h2-8H,9H2,1H3. The number of aromatic nitrogens is 1. The molecule has 0 bridgehead atoms. The molecule has 5 heteroatoms. The molecule has 0 aliphatic rings. The van der Waals surface area contributed by atoms with Crippen molar-refractivity contribution in [3.05, 3.63) is 58.9 Å². The number of nitrogens with zero attached hydrogens (tertiary/aromatic N) is 1. The van der Waals surface area contributed by atoms with Gasteiger partial charge in [0.1, 0.15) is 12.4 Å². The highest BCUT2D eigenvalue weighted by Gasteiger charge is 2.05. The second kappa shape index (κ2) is 6.20. The number of hydrogen-bond donors (Lipinski definition) is 0. The Hall–Kier alpha value is -2.07. The van der Waals surface area contributed by atoms with Crippen molar-refractivity contribution in [1.29, 1.82) is 0 Å².